The molecule has 1 heterocycles. The number of aromatic hydroxyl groups is 2. The lowest BCUT2D eigenvalue weighted by atomic mass is 10.0. The van der Waals surface area contributed by atoms with Crippen molar-refractivity contribution >= 4 is 0 Å². The van der Waals surface area contributed by atoms with Crippen molar-refractivity contribution in [1.82, 2.24) is 0 Å². The van der Waals surface area contributed by atoms with Crippen LogP contribution in [0.4, 0.5) is 0 Å². The fraction of sp³-hybridized carbons (Fsp3) is 0.333. The number of ether oxygens (including phenoxy) is 1. The van der Waals surface area contributed by atoms with E-state index in [-0.39, 0.29) is 17.5 Å². The van der Waals surface area contributed by atoms with E-state index in [1.165, 1.54) is 12.1 Å². The van der Waals surface area contributed by atoms with Crippen LogP contribution in [0, 0.1) is 0 Å². The van der Waals surface area contributed by atoms with Crippen molar-refractivity contribution in [3.05, 3.63) is 17.7 Å². The van der Waals surface area contributed by atoms with E-state index in [0.29, 0.717) is 24.3 Å². The largest absolute Gasteiger partial charge is 0.508 e. The van der Waals surface area contributed by atoms with Gasteiger partial charge < -0.3 is 20.7 Å². The lowest BCUT2D eigenvalue weighted by molar-refractivity contribution is 0.262. The first-order chi connectivity index (χ1) is 6.18. The first kappa shape index (κ1) is 8.19. The maximum Gasteiger partial charge on any atom is 0.131 e. The van der Waals surface area contributed by atoms with Gasteiger partial charge in [0.05, 0.1) is 12.2 Å². The number of hydrogen-bond donors (Lipinski definition) is 3. The van der Waals surface area contributed by atoms with Crippen LogP contribution in [-0.4, -0.2) is 16.8 Å². The van der Waals surface area contributed by atoms with Crippen molar-refractivity contribution in [3.63, 3.8) is 0 Å². The third kappa shape index (κ3) is 1.29. The molecule has 0 spiro atoms. The molecule has 0 saturated heterocycles. The molecule has 1 atom stereocenters. The second-order valence-electron chi connectivity index (χ2n) is 3.12. The minimum Gasteiger partial charge on any atom is -0.508 e. The fourth-order valence-corrected chi connectivity index (χ4v) is 1.53. The molecule has 70 valence electrons. The van der Waals surface area contributed by atoms with Crippen LogP contribution in [0.5, 0.6) is 17.2 Å². The van der Waals surface area contributed by atoms with Crippen LogP contribution in [-0.2, 0) is 0 Å². The normalized spacial score (nSPS) is 20.5. The highest BCUT2D eigenvalue weighted by Crippen LogP contribution is 2.39. The van der Waals surface area contributed by atoms with Gasteiger partial charge in [0.2, 0.25) is 0 Å². The molecule has 2 rings (SSSR count). The Morgan fingerprint density at radius 1 is 1.38 bits per heavy atom. The monoisotopic (exact) mass is 181 g/mol. The Morgan fingerprint density at radius 2 is 2.15 bits per heavy atom. The summed E-state index contributed by atoms with van der Waals surface area (Å²) >= 11 is 0. The minimum atomic E-state index is -0.204. The highest BCUT2D eigenvalue weighted by molar-refractivity contribution is 5.51. The summed E-state index contributed by atoms with van der Waals surface area (Å²) < 4.78 is 5.26. The van der Waals surface area contributed by atoms with Gasteiger partial charge in [0.15, 0.2) is 0 Å². The zero-order valence-electron chi connectivity index (χ0n) is 7.03. The maximum atomic E-state index is 9.49. The van der Waals surface area contributed by atoms with Gasteiger partial charge in [-0.05, 0) is 0 Å². The van der Waals surface area contributed by atoms with Gasteiger partial charge >= 0.3 is 0 Å². The molecular formula is C9H11NO3. The lowest BCUT2D eigenvalue weighted by Gasteiger charge is -2.23. The second kappa shape index (κ2) is 2.81. The highest BCUT2D eigenvalue weighted by atomic mass is 16.5. The number of benzene rings is 1. The Hall–Kier alpha value is -1.42. The van der Waals surface area contributed by atoms with Crippen LogP contribution in [0.2, 0.25) is 0 Å². The molecule has 4 heteroatoms. The Bertz CT molecular complexity index is 338. The topological polar surface area (TPSA) is 75.7 Å². The Labute approximate surface area is 75.6 Å². The number of phenolic OH excluding ortho intramolecular Hbond substituents is 2. The average Bonchev–Trinajstić information content (AvgIpc) is 2.02. The predicted molar refractivity (Wildman–Crippen MR) is 46.8 cm³/mol. The fourth-order valence-electron chi connectivity index (χ4n) is 1.53. The van der Waals surface area contributed by atoms with E-state index in [4.69, 9.17) is 10.5 Å². The number of hydrogen-bond acceptors (Lipinski definition) is 4. The molecule has 1 aromatic rings. The molecule has 1 aliphatic heterocycles. The molecule has 0 aliphatic carbocycles. The summed E-state index contributed by atoms with van der Waals surface area (Å²) in [6.07, 6.45) is 0.686. The molecule has 0 amide bonds. The van der Waals surface area contributed by atoms with E-state index in [2.05, 4.69) is 0 Å². The van der Waals surface area contributed by atoms with Crippen molar-refractivity contribution in [1.29, 1.82) is 0 Å². The summed E-state index contributed by atoms with van der Waals surface area (Å²) in [6.45, 7) is 0.525. The van der Waals surface area contributed by atoms with E-state index in [9.17, 15) is 10.2 Å². The van der Waals surface area contributed by atoms with Crippen LogP contribution in [0.15, 0.2) is 12.1 Å². The van der Waals surface area contributed by atoms with Crippen molar-refractivity contribution in [2.75, 3.05) is 6.61 Å². The smallest absolute Gasteiger partial charge is 0.131 e. The van der Waals surface area contributed by atoms with Crippen LogP contribution in [0.3, 0.4) is 0 Å². The molecule has 13 heavy (non-hydrogen) atoms. The Kier molecular flexibility index (Phi) is 1.77. The summed E-state index contributed by atoms with van der Waals surface area (Å²) in [5.41, 5.74) is 6.36. The van der Waals surface area contributed by atoms with E-state index in [0.717, 1.165) is 0 Å². The quantitative estimate of drug-likeness (QED) is 0.555. The SMILES string of the molecule is N[C@H]1CCOc2cc(O)cc(O)c21. The molecule has 0 radical (unpaired) electrons. The maximum absolute atomic E-state index is 9.49. The van der Waals surface area contributed by atoms with Gasteiger partial charge in [0.1, 0.15) is 17.2 Å². The summed E-state index contributed by atoms with van der Waals surface area (Å²) in [6, 6.07) is 2.53. The van der Waals surface area contributed by atoms with Gasteiger partial charge in [0, 0.05) is 24.6 Å². The zero-order valence-corrected chi connectivity index (χ0v) is 7.03. The molecule has 1 aromatic carbocycles. The highest BCUT2D eigenvalue weighted by Gasteiger charge is 2.22. The van der Waals surface area contributed by atoms with Gasteiger partial charge in [0.25, 0.3) is 0 Å². The minimum absolute atomic E-state index is 0.00204. The van der Waals surface area contributed by atoms with Crippen molar-refractivity contribution in [2.45, 2.75) is 12.5 Å². The van der Waals surface area contributed by atoms with Crippen molar-refractivity contribution < 1.29 is 14.9 Å². The van der Waals surface area contributed by atoms with E-state index >= 15 is 0 Å². The Morgan fingerprint density at radius 3 is 2.92 bits per heavy atom. The van der Waals surface area contributed by atoms with Crippen molar-refractivity contribution in [2.24, 2.45) is 5.73 Å². The van der Waals surface area contributed by atoms with Crippen LogP contribution < -0.4 is 10.5 Å². The summed E-state index contributed by atoms with van der Waals surface area (Å²) in [7, 11) is 0. The molecule has 4 nitrogen and oxygen atoms in total. The van der Waals surface area contributed by atoms with Crippen LogP contribution >= 0.6 is 0 Å². The van der Waals surface area contributed by atoms with Crippen LogP contribution in [0.1, 0.15) is 18.0 Å². The third-order valence-corrected chi connectivity index (χ3v) is 2.16. The number of fused-ring (bicyclic) bond motifs is 1. The first-order valence-electron chi connectivity index (χ1n) is 4.12. The lowest BCUT2D eigenvalue weighted by Crippen LogP contribution is -2.20. The first-order valence-corrected chi connectivity index (χ1v) is 4.12. The average molecular weight is 181 g/mol. The van der Waals surface area contributed by atoms with Gasteiger partial charge in [-0.3, -0.25) is 0 Å². The summed E-state index contributed by atoms with van der Waals surface area (Å²) in [4.78, 5) is 0. The molecule has 1 aliphatic rings. The predicted octanol–water partition coefficient (Wildman–Crippen LogP) is 0.880. The zero-order chi connectivity index (χ0) is 9.42. The molecule has 0 bridgehead atoms. The van der Waals surface area contributed by atoms with E-state index in [1.807, 2.05) is 0 Å². The molecule has 0 unspecified atom stereocenters. The van der Waals surface area contributed by atoms with Crippen molar-refractivity contribution in [3.8, 4) is 17.2 Å². The third-order valence-electron chi connectivity index (χ3n) is 2.16. The number of nitrogens with two attached hydrogens (primary N) is 1. The Balaban J connectivity index is 2.56. The number of phenols is 2. The molecular weight excluding hydrogens is 170 g/mol. The molecule has 4 N–H and O–H groups in total. The summed E-state index contributed by atoms with van der Waals surface area (Å²) in [5.74, 6) is 0.476. The van der Waals surface area contributed by atoms with Gasteiger partial charge in [-0.1, -0.05) is 0 Å². The van der Waals surface area contributed by atoms with E-state index in [1.54, 1.807) is 0 Å². The van der Waals surface area contributed by atoms with Gasteiger partial charge in [-0.2, -0.15) is 0 Å². The number of rotatable bonds is 0. The molecule has 0 fully saturated rings. The van der Waals surface area contributed by atoms with E-state index < -0.39 is 0 Å². The second-order valence-corrected chi connectivity index (χ2v) is 3.12. The molecule has 0 saturated carbocycles. The van der Waals surface area contributed by atoms with Gasteiger partial charge in [-0.25, -0.2) is 0 Å². The standard InChI is InChI=1S/C9H11NO3/c10-6-1-2-13-8-4-5(11)3-7(12)9(6)8/h3-4,6,11-12H,1-2,10H2/t6-/m0/s1. The molecule has 0 aromatic heterocycles. The summed E-state index contributed by atoms with van der Waals surface area (Å²) in [5, 5.41) is 18.7. The van der Waals surface area contributed by atoms with Gasteiger partial charge in [-0.15, -0.1) is 0 Å². The van der Waals surface area contributed by atoms with Crippen LogP contribution in [0.25, 0.3) is 0 Å².